The molecule has 1 aromatic heterocycles. The lowest BCUT2D eigenvalue weighted by Gasteiger charge is -2.30. The van der Waals surface area contributed by atoms with Crippen LogP contribution in [0.25, 0.3) is 10.9 Å². The average Bonchev–Trinajstić information content (AvgIpc) is 2.87. The normalized spacial score (nSPS) is 16.9. The van der Waals surface area contributed by atoms with Crippen LogP contribution in [-0.2, 0) is 13.0 Å². The van der Waals surface area contributed by atoms with Crippen molar-refractivity contribution < 1.29 is 0 Å². The van der Waals surface area contributed by atoms with Gasteiger partial charge in [-0.05, 0) is 29.2 Å². The molecule has 1 aliphatic rings. The Labute approximate surface area is 118 Å². The molecule has 0 saturated carbocycles. The van der Waals surface area contributed by atoms with Crippen LogP contribution in [0.15, 0.2) is 54.7 Å². The summed E-state index contributed by atoms with van der Waals surface area (Å²) in [5, 5.41) is 4.93. The Bertz CT molecular complexity index is 742. The van der Waals surface area contributed by atoms with Crippen LogP contribution in [0.2, 0.25) is 0 Å². The standard InChI is InChI=1S/C18H18N2/c1-2-6-16-13(5-1)9-14(16)10-19-11-15-12-20-18-8-4-3-7-17(15)18/h1-8,12,14,19-20H,9-11H2. The Hall–Kier alpha value is -2.06. The Morgan fingerprint density at radius 1 is 1.05 bits per heavy atom. The molecule has 20 heavy (non-hydrogen) atoms. The maximum Gasteiger partial charge on any atom is 0.0457 e. The second kappa shape index (κ2) is 4.80. The van der Waals surface area contributed by atoms with Crippen molar-refractivity contribution in [1.82, 2.24) is 10.3 Å². The zero-order valence-electron chi connectivity index (χ0n) is 11.4. The quantitative estimate of drug-likeness (QED) is 0.738. The highest BCUT2D eigenvalue weighted by atomic mass is 14.9. The predicted molar refractivity (Wildman–Crippen MR) is 82.9 cm³/mol. The van der Waals surface area contributed by atoms with Gasteiger partial charge in [-0.2, -0.15) is 0 Å². The van der Waals surface area contributed by atoms with Crippen LogP contribution in [0.5, 0.6) is 0 Å². The lowest BCUT2D eigenvalue weighted by molar-refractivity contribution is 0.536. The van der Waals surface area contributed by atoms with Crippen LogP contribution in [0, 0.1) is 0 Å². The fraction of sp³-hybridized carbons (Fsp3) is 0.222. The van der Waals surface area contributed by atoms with Crippen molar-refractivity contribution in [2.45, 2.75) is 18.9 Å². The highest BCUT2D eigenvalue weighted by Crippen LogP contribution is 2.34. The van der Waals surface area contributed by atoms with Gasteiger partial charge in [0.25, 0.3) is 0 Å². The molecule has 2 nitrogen and oxygen atoms in total. The number of aromatic nitrogens is 1. The summed E-state index contributed by atoms with van der Waals surface area (Å²) in [5.74, 6) is 0.691. The number of fused-ring (bicyclic) bond motifs is 2. The van der Waals surface area contributed by atoms with Gasteiger partial charge >= 0.3 is 0 Å². The second-order valence-electron chi connectivity index (χ2n) is 5.59. The number of nitrogens with one attached hydrogen (secondary N) is 2. The van der Waals surface area contributed by atoms with Crippen molar-refractivity contribution in [2.24, 2.45) is 0 Å². The number of hydrogen-bond donors (Lipinski definition) is 2. The maximum absolute atomic E-state index is 3.60. The fourth-order valence-corrected chi connectivity index (χ4v) is 3.20. The summed E-state index contributed by atoms with van der Waals surface area (Å²) in [6, 6.07) is 17.3. The van der Waals surface area contributed by atoms with Gasteiger partial charge in [-0.3, -0.25) is 0 Å². The van der Waals surface area contributed by atoms with Crippen LogP contribution >= 0.6 is 0 Å². The summed E-state index contributed by atoms with van der Waals surface area (Å²) in [7, 11) is 0. The molecule has 4 rings (SSSR count). The first-order valence-corrected chi connectivity index (χ1v) is 7.25. The molecule has 1 atom stereocenters. The largest absolute Gasteiger partial charge is 0.361 e. The molecule has 0 amide bonds. The van der Waals surface area contributed by atoms with E-state index in [1.165, 1.54) is 34.0 Å². The van der Waals surface area contributed by atoms with Crippen molar-refractivity contribution in [3.63, 3.8) is 0 Å². The molecule has 0 fully saturated rings. The van der Waals surface area contributed by atoms with Crippen LogP contribution in [0.4, 0.5) is 0 Å². The van der Waals surface area contributed by atoms with E-state index in [0.29, 0.717) is 5.92 Å². The Balaban J connectivity index is 1.40. The zero-order valence-corrected chi connectivity index (χ0v) is 11.4. The van der Waals surface area contributed by atoms with Crippen LogP contribution in [0.3, 0.4) is 0 Å². The number of hydrogen-bond acceptors (Lipinski definition) is 1. The van der Waals surface area contributed by atoms with E-state index < -0.39 is 0 Å². The van der Waals surface area contributed by atoms with E-state index in [1.54, 1.807) is 0 Å². The molecule has 2 heteroatoms. The Morgan fingerprint density at radius 2 is 1.90 bits per heavy atom. The van der Waals surface area contributed by atoms with E-state index in [2.05, 4.69) is 65.0 Å². The lowest BCUT2D eigenvalue weighted by Crippen LogP contribution is -2.28. The van der Waals surface area contributed by atoms with Gasteiger partial charge in [-0.15, -0.1) is 0 Å². The van der Waals surface area contributed by atoms with Gasteiger partial charge in [0.2, 0.25) is 0 Å². The Morgan fingerprint density at radius 3 is 2.85 bits per heavy atom. The smallest absolute Gasteiger partial charge is 0.0457 e. The molecule has 2 aromatic carbocycles. The first-order valence-electron chi connectivity index (χ1n) is 7.25. The summed E-state index contributed by atoms with van der Waals surface area (Å²) in [5.41, 5.74) is 5.62. The topological polar surface area (TPSA) is 27.8 Å². The van der Waals surface area contributed by atoms with E-state index in [-0.39, 0.29) is 0 Å². The van der Waals surface area contributed by atoms with Crippen molar-refractivity contribution >= 4 is 10.9 Å². The minimum Gasteiger partial charge on any atom is -0.361 e. The molecule has 1 heterocycles. The molecule has 0 aliphatic heterocycles. The molecule has 100 valence electrons. The van der Waals surface area contributed by atoms with Gasteiger partial charge in [0.05, 0.1) is 0 Å². The number of aromatic amines is 1. The first kappa shape index (κ1) is 11.7. The Kier molecular flexibility index (Phi) is 2.82. The van der Waals surface area contributed by atoms with Gasteiger partial charge < -0.3 is 10.3 Å². The van der Waals surface area contributed by atoms with Crippen molar-refractivity contribution in [3.05, 3.63) is 71.4 Å². The molecule has 0 radical (unpaired) electrons. The molecule has 1 unspecified atom stereocenters. The summed E-state index contributed by atoms with van der Waals surface area (Å²) in [4.78, 5) is 3.33. The van der Waals surface area contributed by atoms with E-state index >= 15 is 0 Å². The van der Waals surface area contributed by atoms with E-state index in [0.717, 1.165) is 13.1 Å². The van der Waals surface area contributed by atoms with Crippen LogP contribution in [-0.4, -0.2) is 11.5 Å². The molecular weight excluding hydrogens is 244 g/mol. The van der Waals surface area contributed by atoms with E-state index in [1.807, 2.05) is 0 Å². The maximum atomic E-state index is 3.60. The van der Waals surface area contributed by atoms with Gasteiger partial charge in [-0.25, -0.2) is 0 Å². The second-order valence-corrected chi connectivity index (χ2v) is 5.59. The third-order valence-corrected chi connectivity index (χ3v) is 4.34. The fourth-order valence-electron chi connectivity index (χ4n) is 3.20. The summed E-state index contributed by atoms with van der Waals surface area (Å²) >= 11 is 0. The summed E-state index contributed by atoms with van der Waals surface area (Å²) in [6.07, 6.45) is 3.34. The molecular formula is C18H18N2. The summed E-state index contributed by atoms with van der Waals surface area (Å²) < 4.78 is 0. The number of H-pyrrole nitrogens is 1. The van der Waals surface area contributed by atoms with E-state index in [4.69, 9.17) is 0 Å². The van der Waals surface area contributed by atoms with Crippen molar-refractivity contribution in [3.8, 4) is 0 Å². The zero-order chi connectivity index (χ0) is 13.4. The van der Waals surface area contributed by atoms with Crippen molar-refractivity contribution in [1.29, 1.82) is 0 Å². The molecule has 0 spiro atoms. The van der Waals surface area contributed by atoms with Gasteiger partial charge in [0.1, 0.15) is 0 Å². The number of rotatable bonds is 4. The molecule has 0 saturated heterocycles. The van der Waals surface area contributed by atoms with Gasteiger partial charge in [-0.1, -0.05) is 42.5 Å². The van der Waals surface area contributed by atoms with E-state index in [9.17, 15) is 0 Å². The molecule has 0 bridgehead atoms. The lowest BCUT2D eigenvalue weighted by atomic mass is 9.77. The molecule has 2 N–H and O–H groups in total. The van der Waals surface area contributed by atoms with Gasteiger partial charge in [0.15, 0.2) is 0 Å². The van der Waals surface area contributed by atoms with Gasteiger partial charge in [0, 0.05) is 36.1 Å². The monoisotopic (exact) mass is 262 g/mol. The van der Waals surface area contributed by atoms with Crippen molar-refractivity contribution in [2.75, 3.05) is 6.54 Å². The third-order valence-electron chi connectivity index (χ3n) is 4.34. The first-order chi connectivity index (χ1) is 9.92. The highest BCUT2D eigenvalue weighted by molar-refractivity contribution is 5.82. The SMILES string of the molecule is c1ccc2c(c1)CC2CNCc1c[nH]c2ccccc12. The number of benzene rings is 2. The average molecular weight is 262 g/mol. The third kappa shape index (κ3) is 1.93. The predicted octanol–water partition coefficient (Wildman–Crippen LogP) is 3.60. The minimum atomic E-state index is 0.691. The molecule has 3 aromatic rings. The molecule has 1 aliphatic carbocycles. The highest BCUT2D eigenvalue weighted by Gasteiger charge is 2.24. The van der Waals surface area contributed by atoms with Crippen LogP contribution < -0.4 is 5.32 Å². The summed E-state index contributed by atoms with van der Waals surface area (Å²) in [6.45, 7) is 2.00. The number of para-hydroxylation sites is 1. The minimum absolute atomic E-state index is 0.691. The van der Waals surface area contributed by atoms with Crippen LogP contribution in [0.1, 0.15) is 22.6 Å².